The van der Waals surface area contributed by atoms with Crippen LogP contribution in [0, 0.1) is 0 Å². The lowest BCUT2D eigenvalue weighted by Crippen LogP contribution is -2.42. The van der Waals surface area contributed by atoms with Gasteiger partial charge in [0.2, 0.25) is 0 Å². The molecule has 0 aliphatic carbocycles. The van der Waals surface area contributed by atoms with Crippen LogP contribution in [0.15, 0.2) is 12.7 Å². The van der Waals surface area contributed by atoms with Gasteiger partial charge in [-0.2, -0.15) is 0 Å². The summed E-state index contributed by atoms with van der Waals surface area (Å²) in [6.07, 6.45) is 2.89. The molecule has 0 radical (unpaired) electrons. The summed E-state index contributed by atoms with van der Waals surface area (Å²) in [5.41, 5.74) is 7.06. The number of hydrogen-bond donors (Lipinski definition) is 3. The highest BCUT2D eigenvalue weighted by molar-refractivity contribution is 5.81. The Kier molecular flexibility index (Phi) is 5.92. The lowest BCUT2D eigenvalue weighted by atomic mass is 10.1. The van der Waals surface area contributed by atoms with Gasteiger partial charge in [-0.3, -0.25) is 4.57 Å². The SMILES string of the molecule is CNCCN(C)C[C@H]1O[C@@H](n2cnc3c(N)ncnc32)C[C@@H]1OC(C)(C)O. The van der Waals surface area contributed by atoms with E-state index in [1.54, 1.807) is 20.2 Å². The highest BCUT2D eigenvalue weighted by Crippen LogP contribution is 2.34. The van der Waals surface area contributed by atoms with Crippen LogP contribution in [0.3, 0.4) is 0 Å². The van der Waals surface area contributed by atoms with E-state index in [9.17, 15) is 5.11 Å². The van der Waals surface area contributed by atoms with Crippen LogP contribution in [0.2, 0.25) is 0 Å². The van der Waals surface area contributed by atoms with Gasteiger partial charge in [0.05, 0.1) is 18.5 Å². The molecule has 1 fully saturated rings. The molecule has 150 valence electrons. The van der Waals surface area contributed by atoms with Gasteiger partial charge in [-0.15, -0.1) is 0 Å². The summed E-state index contributed by atoms with van der Waals surface area (Å²) >= 11 is 0. The maximum absolute atomic E-state index is 10.1. The van der Waals surface area contributed by atoms with Gasteiger partial charge in [0.1, 0.15) is 18.1 Å². The van der Waals surface area contributed by atoms with Crippen molar-refractivity contribution < 1.29 is 14.6 Å². The van der Waals surface area contributed by atoms with E-state index in [0.29, 0.717) is 29.9 Å². The largest absolute Gasteiger partial charge is 0.382 e. The summed E-state index contributed by atoms with van der Waals surface area (Å²) in [6, 6.07) is 0. The van der Waals surface area contributed by atoms with Gasteiger partial charge in [0.25, 0.3) is 0 Å². The van der Waals surface area contributed by atoms with Crippen LogP contribution in [0.4, 0.5) is 5.82 Å². The number of nitrogens with one attached hydrogen (secondary N) is 1. The van der Waals surface area contributed by atoms with Gasteiger partial charge >= 0.3 is 0 Å². The van der Waals surface area contributed by atoms with E-state index < -0.39 is 5.79 Å². The van der Waals surface area contributed by atoms with Crippen molar-refractivity contribution in [3.8, 4) is 0 Å². The fraction of sp³-hybridized carbons (Fsp3) is 0.706. The first-order chi connectivity index (χ1) is 12.8. The van der Waals surface area contributed by atoms with Crippen molar-refractivity contribution in [2.75, 3.05) is 39.5 Å². The highest BCUT2D eigenvalue weighted by atomic mass is 16.6. The topological polar surface area (TPSA) is 124 Å². The van der Waals surface area contributed by atoms with E-state index >= 15 is 0 Å². The molecular formula is C17H29N7O3. The number of aromatic nitrogens is 4. The Balaban J connectivity index is 1.80. The Labute approximate surface area is 158 Å². The van der Waals surface area contributed by atoms with Crippen molar-refractivity contribution >= 4 is 17.0 Å². The Hall–Kier alpha value is -1.85. The number of fused-ring (bicyclic) bond motifs is 1. The predicted octanol–water partition coefficient (Wildman–Crippen LogP) is -0.0392. The fourth-order valence-electron chi connectivity index (χ4n) is 3.31. The number of ether oxygens (including phenoxy) is 2. The first-order valence-corrected chi connectivity index (χ1v) is 9.10. The molecule has 0 aromatic carbocycles. The van der Waals surface area contributed by atoms with E-state index in [1.807, 2.05) is 18.7 Å². The molecule has 10 nitrogen and oxygen atoms in total. The van der Waals surface area contributed by atoms with Gasteiger partial charge in [0.15, 0.2) is 17.3 Å². The molecule has 1 saturated heterocycles. The van der Waals surface area contributed by atoms with Crippen molar-refractivity contribution in [3.05, 3.63) is 12.7 Å². The number of nitrogens with two attached hydrogens (primary N) is 1. The number of rotatable bonds is 8. The third-order valence-electron chi connectivity index (χ3n) is 4.55. The van der Waals surface area contributed by atoms with Gasteiger partial charge in [-0.1, -0.05) is 0 Å². The first-order valence-electron chi connectivity index (χ1n) is 9.10. The van der Waals surface area contributed by atoms with Crippen LogP contribution in [0.5, 0.6) is 0 Å². The molecule has 10 heteroatoms. The molecule has 2 aromatic rings. The third-order valence-corrected chi connectivity index (χ3v) is 4.55. The summed E-state index contributed by atoms with van der Waals surface area (Å²) in [6.45, 7) is 5.70. The van der Waals surface area contributed by atoms with Crippen LogP contribution in [0.25, 0.3) is 11.2 Å². The normalized spacial score (nSPS) is 23.6. The molecule has 1 aliphatic rings. The van der Waals surface area contributed by atoms with Gasteiger partial charge in [0, 0.05) is 26.1 Å². The van der Waals surface area contributed by atoms with Crippen molar-refractivity contribution in [2.24, 2.45) is 0 Å². The second kappa shape index (κ2) is 8.03. The molecular weight excluding hydrogens is 350 g/mol. The quantitative estimate of drug-likeness (QED) is 0.542. The van der Waals surface area contributed by atoms with E-state index in [0.717, 1.165) is 13.1 Å². The smallest absolute Gasteiger partial charge is 0.167 e. The van der Waals surface area contributed by atoms with Crippen LogP contribution in [0.1, 0.15) is 26.5 Å². The number of likely N-dealkylation sites (N-methyl/N-ethyl adjacent to an activating group) is 2. The minimum Gasteiger partial charge on any atom is -0.382 e. The summed E-state index contributed by atoms with van der Waals surface area (Å²) in [5, 5.41) is 13.3. The highest BCUT2D eigenvalue weighted by Gasteiger charge is 2.40. The molecule has 0 bridgehead atoms. The number of nitrogen functional groups attached to an aromatic ring is 1. The average molecular weight is 379 g/mol. The zero-order chi connectivity index (χ0) is 19.6. The first kappa shape index (κ1) is 19.9. The average Bonchev–Trinajstić information content (AvgIpc) is 3.17. The van der Waals surface area contributed by atoms with Crippen LogP contribution < -0.4 is 11.1 Å². The maximum atomic E-state index is 10.1. The number of imidazole rings is 1. The lowest BCUT2D eigenvalue weighted by molar-refractivity contribution is -0.215. The fourth-order valence-corrected chi connectivity index (χ4v) is 3.31. The molecule has 2 aromatic heterocycles. The molecule has 3 atom stereocenters. The zero-order valence-corrected chi connectivity index (χ0v) is 16.3. The Bertz CT molecular complexity index is 761. The Morgan fingerprint density at radius 1 is 1.44 bits per heavy atom. The molecule has 0 amide bonds. The predicted molar refractivity (Wildman–Crippen MR) is 101 cm³/mol. The molecule has 0 saturated carbocycles. The number of anilines is 1. The van der Waals surface area contributed by atoms with E-state index in [-0.39, 0.29) is 18.4 Å². The van der Waals surface area contributed by atoms with Gasteiger partial charge in [-0.05, 0) is 27.9 Å². The van der Waals surface area contributed by atoms with E-state index in [2.05, 4.69) is 25.2 Å². The summed E-state index contributed by atoms with van der Waals surface area (Å²) in [4.78, 5) is 14.8. The van der Waals surface area contributed by atoms with E-state index in [1.165, 1.54) is 6.33 Å². The summed E-state index contributed by atoms with van der Waals surface area (Å²) in [7, 11) is 3.96. The number of aliphatic hydroxyl groups is 1. The van der Waals surface area contributed by atoms with Crippen molar-refractivity contribution in [1.29, 1.82) is 0 Å². The summed E-state index contributed by atoms with van der Waals surface area (Å²) in [5.74, 6) is -0.904. The molecule has 1 aliphatic heterocycles. The summed E-state index contributed by atoms with van der Waals surface area (Å²) < 4.78 is 14.0. The van der Waals surface area contributed by atoms with Crippen LogP contribution in [-0.4, -0.2) is 81.3 Å². The molecule has 0 spiro atoms. The third kappa shape index (κ3) is 4.71. The minimum atomic E-state index is -1.24. The monoisotopic (exact) mass is 379 g/mol. The van der Waals surface area contributed by atoms with Crippen LogP contribution in [-0.2, 0) is 9.47 Å². The van der Waals surface area contributed by atoms with Gasteiger partial charge in [-0.25, -0.2) is 15.0 Å². The van der Waals surface area contributed by atoms with Crippen LogP contribution >= 0.6 is 0 Å². The molecule has 27 heavy (non-hydrogen) atoms. The number of nitrogens with zero attached hydrogens (tertiary/aromatic N) is 5. The zero-order valence-electron chi connectivity index (χ0n) is 16.3. The standard InChI is InChI=1S/C17H29N7O3/c1-17(2,25)27-11-7-13(26-12(11)8-23(4)6-5-19-3)24-10-22-14-15(18)20-9-21-16(14)24/h9-13,19,25H,5-8H2,1-4H3,(H2,18,20,21)/t11-,12+,13+/m0/s1. The Morgan fingerprint density at radius 2 is 2.22 bits per heavy atom. The molecule has 3 heterocycles. The molecule has 4 N–H and O–H groups in total. The van der Waals surface area contributed by atoms with Crippen molar-refractivity contribution in [3.63, 3.8) is 0 Å². The molecule has 3 rings (SSSR count). The van der Waals surface area contributed by atoms with Crippen molar-refractivity contribution in [1.82, 2.24) is 29.7 Å². The minimum absolute atomic E-state index is 0.195. The molecule has 0 unspecified atom stereocenters. The Morgan fingerprint density at radius 3 is 2.93 bits per heavy atom. The second-order valence-corrected chi connectivity index (χ2v) is 7.42. The second-order valence-electron chi connectivity index (χ2n) is 7.42. The number of hydrogen-bond acceptors (Lipinski definition) is 9. The lowest BCUT2D eigenvalue weighted by Gasteiger charge is -2.29. The van der Waals surface area contributed by atoms with E-state index in [4.69, 9.17) is 15.2 Å². The van der Waals surface area contributed by atoms with Gasteiger partial charge < -0.3 is 30.5 Å². The maximum Gasteiger partial charge on any atom is 0.167 e. The van der Waals surface area contributed by atoms with Crippen molar-refractivity contribution in [2.45, 2.75) is 44.5 Å².